The van der Waals surface area contributed by atoms with Gasteiger partial charge in [0.1, 0.15) is 22.7 Å². The number of piperidine rings is 1. The van der Waals surface area contributed by atoms with Crippen LogP contribution in [0.15, 0.2) is 52.9 Å². The molecule has 2 saturated heterocycles. The van der Waals surface area contributed by atoms with Crippen molar-refractivity contribution in [1.29, 1.82) is 0 Å². The van der Waals surface area contributed by atoms with E-state index in [1.54, 1.807) is 18.2 Å². The minimum Gasteiger partial charge on any atom is -0.477 e. The number of carboxylic acid groups (broad SMARTS) is 1. The second kappa shape index (κ2) is 11.1. The fourth-order valence-electron chi connectivity index (χ4n) is 5.96. The van der Waals surface area contributed by atoms with E-state index in [9.17, 15) is 14.3 Å². The molecule has 0 saturated carbocycles. The molecule has 0 spiro atoms. The molecule has 11 heteroatoms. The fourth-order valence-corrected chi connectivity index (χ4v) is 6.11. The summed E-state index contributed by atoms with van der Waals surface area (Å²) in [7, 11) is 0. The molecule has 1 atom stereocenters. The number of imidazole rings is 1. The van der Waals surface area contributed by atoms with Gasteiger partial charge in [-0.2, -0.15) is 0 Å². The standard InChI is InChI=1S/C31H29ClFN5O4/c32-20-5-4-19(23(33)15-20)14-28-35-24-3-1-2-22(29(24)42-28)18-8-11-37(12-9-18)17-27-34-25-6-7-26(31(39)40)36-30(25)38(27)16-21-10-13-41-21/h1-7,15,18,21H,8-14,16-17H2,(H,39,40). The van der Waals surface area contributed by atoms with E-state index in [-0.39, 0.29) is 24.0 Å². The Morgan fingerprint density at radius 1 is 1.05 bits per heavy atom. The van der Waals surface area contributed by atoms with E-state index in [0.717, 1.165) is 61.4 Å². The van der Waals surface area contributed by atoms with Gasteiger partial charge in [0.2, 0.25) is 0 Å². The molecule has 1 N–H and O–H groups in total. The Bertz CT molecular complexity index is 1790. The maximum Gasteiger partial charge on any atom is 0.354 e. The SMILES string of the molecule is O=C(O)c1ccc2nc(CN3CCC(c4cccc5nc(Cc6ccc(Cl)cc6F)oc45)CC3)n(CC3CCO3)c2n1. The first-order chi connectivity index (χ1) is 20.4. The third-order valence-electron chi connectivity index (χ3n) is 8.31. The lowest BCUT2D eigenvalue weighted by Crippen LogP contribution is -2.35. The van der Waals surface area contributed by atoms with Gasteiger partial charge in [-0.05, 0) is 74.2 Å². The number of hydrogen-bond acceptors (Lipinski definition) is 7. The summed E-state index contributed by atoms with van der Waals surface area (Å²) < 4.78 is 28.3. The van der Waals surface area contributed by atoms with Crippen LogP contribution in [-0.4, -0.2) is 61.3 Å². The lowest BCUT2D eigenvalue weighted by Gasteiger charge is -2.32. The Morgan fingerprint density at radius 2 is 1.88 bits per heavy atom. The second-order valence-corrected chi connectivity index (χ2v) is 11.5. The van der Waals surface area contributed by atoms with Gasteiger partial charge in [-0.1, -0.05) is 29.8 Å². The quantitative estimate of drug-likeness (QED) is 0.241. The van der Waals surface area contributed by atoms with Crippen LogP contribution in [0.4, 0.5) is 4.39 Å². The van der Waals surface area contributed by atoms with E-state index in [1.807, 2.05) is 16.7 Å². The van der Waals surface area contributed by atoms with Crippen LogP contribution >= 0.6 is 11.6 Å². The van der Waals surface area contributed by atoms with Gasteiger partial charge in [-0.3, -0.25) is 4.90 Å². The number of rotatable bonds is 8. The third-order valence-corrected chi connectivity index (χ3v) is 8.54. The van der Waals surface area contributed by atoms with Crippen LogP contribution in [0.3, 0.4) is 0 Å². The molecule has 2 aliphatic heterocycles. The van der Waals surface area contributed by atoms with Gasteiger partial charge >= 0.3 is 5.97 Å². The van der Waals surface area contributed by atoms with Crippen LogP contribution in [0.5, 0.6) is 0 Å². The molecule has 0 aliphatic carbocycles. The number of para-hydroxylation sites is 1. The smallest absolute Gasteiger partial charge is 0.354 e. The summed E-state index contributed by atoms with van der Waals surface area (Å²) in [5, 5.41) is 9.82. The summed E-state index contributed by atoms with van der Waals surface area (Å²) in [6.07, 6.45) is 3.19. The molecule has 216 valence electrons. The number of hydrogen-bond donors (Lipinski definition) is 1. The van der Waals surface area contributed by atoms with E-state index in [2.05, 4.69) is 20.9 Å². The Hall–Kier alpha value is -3.86. The lowest BCUT2D eigenvalue weighted by molar-refractivity contribution is -0.0593. The number of aromatic nitrogens is 4. The van der Waals surface area contributed by atoms with Crippen molar-refractivity contribution in [2.75, 3.05) is 19.7 Å². The normalized spacial score (nSPS) is 18.1. The van der Waals surface area contributed by atoms with E-state index >= 15 is 0 Å². The molecule has 2 aromatic carbocycles. The van der Waals surface area contributed by atoms with Gasteiger partial charge < -0.3 is 18.8 Å². The lowest BCUT2D eigenvalue weighted by atomic mass is 9.89. The van der Waals surface area contributed by atoms with Crippen LogP contribution in [0.25, 0.3) is 22.3 Å². The zero-order chi connectivity index (χ0) is 28.8. The topological polar surface area (TPSA) is 107 Å². The number of fused-ring (bicyclic) bond motifs is 2. The number of oxazole rings is 1. The van der Waals surface area contributed by atoms with Crippen molar-refractivity contribution in [1.82, 2.24) is 24.4 Å². The Labute approximate surface area is 245 Å². The van der Waals surface area contributed by atoms with Gasteiger partial charge in [0, 0.05) is 17.2 Å². The highest BCUT2D eigenvalue weighted by Crippen LogP contribution is 2.34. The number of aromatic carboxylic acids is 1. The van der Waals surface area contributed by atoms with Gasteiger partial charge in [-0.15, -0.1) is 0 Å². The van der Waals surface area contributed by atoms with Crippen molar-refractivity contribution in [3.05, 3.63) is 87.9 Å². The summed E-state index contributed by atoms with van der Waals surface area (Å²) in [5.41, 5.74) is 4.44. The Morgan fingerprint density at radius 3 is 2.62 bits per heavy atom. The van der Waals surface area contributed by atoms with E-state index in [1.165, 1.54) is 12.1 Å². The molecule has 2 aliphatic rings. The minimum absolute atomic E-state index is 0.00796. The average Bonchev–Trinajstić information content (AvgIpc) is 3.52. The molecular formula is C31H29ClFN5O4. The molecule has 42 heavy (non-hydrogen) atoms. The van der Waals surface area contributed by atoms with Crippen LogP contribution in [0, 0.1) is 5.82 Å². The monoisotopic (exact) mass is 589 g/mol. The first kappa shape index (κ1) is 27.0. The number of pyridine rings is 1. The van der Waals surface area contributed by atoms with Crippen molar-refractivity contribution >= 4 is 39.8 Å². The largest absolute Gasteiger partial charge is 0.477 e. The zero-order valence-electron chi connectivity index (χ0n) is 22.8. The molecule has 9 nitrogen and oxygen atoms in total. The third kappa shape index (κ3) is 5.26. The Kier molecular flexibility index (Phi) is 7.13. The number of likely N-dealkylation sites (tertiary alicyclic amines) is 1. The van der Waals surface area contributed by atoms with Gasteiger partial charge in [0.15, 0.2) is 22.8 Å². The molecule has 2 fully saturated rings. The first-order valence-corrected chi connectivity index (χ1v) is 14.5. The highest BCUT2D eigenvalue weighted by atomic mass is 35.5. The van der Waals surface area contributed by atoms with E-state index in [4.69, 9.17) is 25.7 Å². The van der Waals surface area contributed by atoms with Crippen molar-refractivity contribution in [2.24, 2.45) is 0 Å². The zero-order valence-corrected chi connectivity index (χ0v) is 23.6. The molecule has 3 aromatic heterocycles. The highest BCUT2D eigenvalue weighted by Gasteiger charge is 2.27. The molecule has 5 heterocycles. The number of halogens is 2. The van der Waals surface area contributed by atoms with Crippen molar-refractivity contribution in [2.45, 2.75) is 50.8 Å². The number of carboxylic acids is 1. The number of benzene rings is 2. The van der Waals surface area contributed by atoms with Crippen molar-refractivity contribution < 1.29 is 23.4 Å². The second-order valence-electron chi connectivity index (χ2n) is 11.0. The molecule has 0 radical (unpaired) electrons. The molecule has 7 rings (SSSR count). The number of nitrogens with zero attached hydrogens (tertiary/aromatic N) is 5. The van der Waals surface area contributed by atoms with Gasteiger partial charge in [0.25, 0.3) is 0 Å². The summed E-state index contributed by atoms with van der Waals surface area (Å²) in [6.45, 7) is 3.73. The maximum atomic E-state index is 14.4. The van der Waals surface area contributed by atoms with Crippen LogP contribution in [-0.2, 0) is 24.2 Å². The van der Waals surface area contributed by atoms with Crippen LogP contribution in [0.1, 0.15) is 58.5 Å². The predicted molar refractivity (Wildman–Crippen MR) is 154 cm³/mol. The molecule has 0 bridgehead atoms. The highest BCUT2D eigenvalue weighted by molar-refractivity contribution is 6.30. The van der Waals surface area contributed by atoms with Gasteiger partial charge in [0.05, 0.1) is 25.6 Å². The van der Waals surface area contributed by atoms with Crippen molar-refractivity contribution in [3.8, 4) is 0 Å². The maximum absolute atomic E-state index is 14.4. The number of carbonyl (C=O) groups is 1. The van der Waals surface area contributed by atoms with Gasteiger partial charge in [-0.25, -0.2) is 24.1 Å². The number of ether oxygens (including phenoxy) is 1. The summed E-state index contributed by atoms with van der Waals surface area (Å²) >= 11 is 5.90. The molecule has 1 unspecified atom stereocenters. The van der Waals surface area contributed by atoms with E-state index in [0.29, 0.717) is 46.6 Å². The summed E-state index contributed by atoms with van der Waals surface area (Å²) in [4.78, 5) is 27.8. The predicted octanol–water partition coefficient (Wildman–Crippen LogP) is 5.82. The van der Waals surface area contributed by atoms with E-state index < -0.39 is 5.97 Å². The molecule has 0 amide bonds. The minimum atomic E-state index is -1.06. The molecule has 5 aromatic rings. The summed E-state index contributed by atoms with van der Waals surface area (Å²) in [5.74, 6) is 0.221. The van der Waals surface area contributed by atoms with Crippen LogP contribution < -0.4 is 0 Å². The van der Waals surface area contributed by atoms with Crippen LogP contribution in [0.2, 0.25) is 5.02 Å². The first-order valence-electron chi connectivity index (χ1n) is 14.2. The fraction of sp³-hybridized carbons (Fsp3) is 0.355. The Balaban J connectivity index is 1.07. The van der Waals surface area contributed by atoms with Crippen molar-refractivity contribution in [3.63, 3.8) is 0 Å². The molecular weight excluding hydrogens is 561 g/mol. The average molecular weight is 590 g/mol. The summed E-state index contributed by atoms with van der Waals surface area (Å²) in [6, 6.07) is 13.9.